The third-order valence-corrected chi connectivity index (χ3v) is 3.71. The summed E-state index contributed by atoms with van der Waals surface area (Å²) in [5.41, 5.74) is 5.49. The van der Waals surface area contributed by atoms with E-state index in [2.05, 4.69) is 19.9 Å². The van der Waals surface area contributed by atoms with Crippen molar-refractivity contribution in [1.82, 2.24) is 19.9 Å². The summed E-state index contributed by atoms with van der Waals surface area (Å²) in [6, 6.07) is 19.6. The molecule has 4 heterocycles. The minimum atomic E-state index is 0.851. The van der Waals surface area contributed by atoms with E-state index in [4.69, 9.17) is 0 Å². The number of nitrogens with zero attached hydrogens (tertiary/aromatic N) is 4. The summed E-state index contributed by atoms with van der Waals surface area (Å²) < 4.78 is 0. The molecule has 0 saturated heterocycles. The zero-order valence-electron chi connectivity index (χ0n) is 12.9. The average Bonchev–Trinajstić information content (AvgIpc) is 2.70. The SMILES string of the molecule is c1ccc(-c2ccc(-c3ccc(-c4ccccn4)nc3)nc2)nc1. The fourth-order valence-corrected chi connectivity index (χ4v) is 2.46. The summed E-state index contributed by atoms with van der Waals surface area (Å²) >= 11 is 0. The van der Waals surface area contributed by atoms with E-state index in [1.54, 1.807) is 12.4 Å². The van der Waals surface area contributed by atoms with Crippen molar-refractivity contribution in [2.24, 2.45) is 0 Å². The third-order valence-electron chi connectivity index (χ3n) is 3.71. The van der Waals surface area contributed by atoms with Crippen LogP contribution in [0, 0.1) is 0 Å². The van der Waals surface area contributed by atoms with Crippen molar-refractivity contribution in [3.05, 3.63) is 85.5 Å². The quantitative estimate of drug-likeness (QED) is 0.567. The van der Waals surface area contributed by atoms with Gasteiger partial charge in [0.15, 0.2) is 0 Å². The highest BCUT2D eigenvalue weighted by Crippen LogP contribution is 2.22. The van der Waals surface area contributed by atoms with E-state index in [1.165, 1.54) is 0 Å². The lowest BCUT2D eigenvalue weighted by Crippen LogP contribution is -1.90. The van der Waals surface area contributed by atoms with Gasteiger partial charge in [0, 0.05) is 35.9 Å². The smallest absolute Gasteiger partial charge is 0.0886 e. The van der Waals surface area contributed by atoms with Crippen LogP contribution >= 0.6 is 0 Å². The first-order valence-corrected chi connectivity index (χ1v) is 7.65. The molecule has 0 saturated carbocycles. The number of rotatable bonds is 3. The fraction of sp³-hybridized carbons (Fsp3) is 0. The lowest BCUT2D eigenvalue weighted by Gasteiger charge is -2.04. The molecule has 0 aliphatic heterocycles. The van der Waals surface area contributed by atoms with Gasteiger partial charge in [0.25, 0.3) is 0 Å². The highest BCUT2D eigenvalue weighted by Gasteiger charge is 2.04. The normalized spacial score (nSPS) is 10.5. The van der Waals surface area contributed by atoms with Crippen molar-refractivity contribution in [3.8, 4) is 33.9 Å². The molecule has 24 heavy (non-hydrogen) atoms. The molecule has 0 unspecified atom stereocenters. The number of hydrogen-bond acceptors (Lipinski definition) is 4. The molecule has 0 aromatic carbocycles. The molecule has 0 N–H and O–H groups in total. The summed E-state index contributed by atoms with van der Waals surface area (Å²) in [7, 11) is 0. The summed E-state index contributed by atoms with van der Waals surface area (Å²) in [5, 5.41) is 0. The Morgan fingerprint density at radius 2 is 0.917 bits per heavy atom. The van der Waals surface area contributed by atoms with Crippen molar-refractivity contribution < 1.29 is 0 Å². The van der Waals surface area contributed by atoms with Gasteiger partial charge in [-0.05, 0) is 48.5 Å². The Morgan fingerprint density at radius 3 is 1.42 bits per heavy atom. The Hall–Kier alpha value is -3.40. The molecule has 4 aromatic rings. The van der Waals surface area contributed by atoms with Crippen LogP contribution in [0.5, 0.6) is 0 Å². The second-order valence-electron chi connectivity index (χ2n) is 5.29. The van der Waals surface area contributed by atoms with Gasteiger partial charge < -0.3 is 0 Å². The lowest BCUT2D eigenvalue weighted by atomic mass is 10.1. The highest BCUT2D eigenvalue weighted by molar-refractivity contribution is 5.65. The monoisotopic (exact) mass is 310 g/mol. The molecule has 0 amide bonds. The van der Waals surface area contributed by atoms with E-state index in [9.17, 15) is 0 Å². The topological polar surface area (TPSA) is 51.6 Å². The summed E-state index contributed by atoms with van der Waals surface area (Å²) in [6.45, 7) is 0. The molecule has 0 radical (unpaired) electrons. The predicted molar refractivity (Wildman–Crippen MR) is 93.9 cm³/mol. The van der Waals surface area contributed by atoms with Crippen molar-refractivity contribution in [2.45, 2.75) is 0 Å². The van der Waals surface area contributed by atoms with Crippen LogP contribution in [0.1, 0.15) is 0 Å². The second-order valence-corrected chi connectivity index (χ2v) is 5.29. The van der Waals surface area contributed by atoms with Crippen LogP contribution in [0.25, 0.3) is 33.9 Å². The molecule has 4 nitrogen and oxygen atoms in total. The van der Waals surface area contributed by atoms with Crippen molar-refractivity contribution in [1.29, 1.82) is 0 Å². The van der Waals surface area contributed by atoms with Crippen LogP contribution in [-0.2, 0) is 0 Å². The molecule has 0 aliphatic carbocycles. The maximum Gasteiger partial charge on any atom is 0.0886 e. The van der Waals surface area contributed by atoms with Gasteiger partial charge in [-0.25, -0.2) is 0 Å². The Morgan fingerprint density at radius 1 is 0.417 bits per heavy atom. The zero-order chi connectivity index (χ0) is 16.2. The maximum absolute atomic E-state index is 4.53. The van der Waals surface area contributed by atoms with Gasteiger partial charge in [-0.15, -0.1) is 0 Å². The van der Waals surface area contributed by atoms with E-state index in [1.807, 2.05) is 73.1 Å². The molecule has 0 aliphatic rings. The number of aromatic nitrogens is 4. The molecule has 4 heteroatoms. The van der Waals surface area contributed by atoms with E-state index in [0.717, 1.165) is 33.9 Å². The standard InChI is InChI=1S/C20H14N4/c1-3-11-21-17(5-1)15-7-9-18(23-13-15)16-8-10-20(24-14-16)19-6-2-4-12-22-19/h1-14H. The Kier molecular flexibility index (Phi) is 3.78. The molecular weight excluding hydrogens is 296 g/mol. The largest absolute Gasteiger partial charge is 0.256 e. The average molecular weight is 310 g/mol. The minimum Gasteiger partial charge on any atom is -0.256 e. The summed E-state index contributed by atoms with van der Waals surface area (Å²) in [4.78, 5) is 17.7. The van der Waals surface area contributed by atoms with Gasteiger partial charge in [-0.2, -0.15) is 0 Å². The molecular formula is C20H14N4. The van der Waals surface area contributed by atoms with Crippen molar-refractivity contribution in [3.63, 3.8) is 0 Å². The summed E-state index contributed by atoms with van der Waals surface area (Å²) in [6.07, 6.45) is 7.21. The van der Waals surface area contributed by atoms with Gasteiger partial charge in [-0.1, -0.05) is 12.1 Å². The molecule has 0 spiro atoms. The fourth-order valence-electron chi connectivity index (χ4n) is 2.46. The lowest BCUT2D eigenvalue weighted by molar-refractivity contribution is 1.23. The summed E-state index contributed by atoms with van der Waals surface area (Å²) in [5.74, 6) is 0. The first-order valence-electron chi connectivity index (χ1n) is 7.65. The molecule has 114 valence electrons. The van der Waals surface area contributed by atoms with Gasteiger partial charge in [0.2, 0.25) is 0 Å². The minimum absolute atomic E-state index is 0.851. The highest BCUT2D eigenvalue weighted by atomic mass is 14.8. The Bertz CT molecular complexity index is 838. The molecule has 4 aromatic heterocycles. The van der Waals surface area contributed by atoms with Crippen LogP contribution in [0.15, 0.2) is 85.5 Å². The van der Waals surface area contributed by atoms with Gasteiger partial charge in [0.05, 0.1) is 22.8 Å². The number of hydrogen-bond donors (Lipinski definition) is 0. The molecule has 0 bridgehead atoms. The maximum atomic E-state index is 4.53. The number of pyridine rings is 4. The van der Waals surface area contributed by atoms with Crippen LogP contribution in [0.4, 0.5) is 0 Å². The van der Waals surface area contributed by atoms with E-state index < -0.39 is 0 Å². The van der Waals surface area contributed by atoms with E-state index in [0.29, 0.717) is 0 Å². The van der Waals surface area contributed by atoms with E-state index in [-0.39, 0.29) is 0 Å². The Labute approximate surface area is 139 Å². The van der Waals surface area contributed by atoms with Crippen LogP contribution in [-0.4, -0.2) is 19.9 Å². The Balaban J connectivity index is 1.60. The van der Waals surface area contributed by atoms with Crippen LogP contribution in [0.2, 0.25) is 0 Å². The van der Waals surface area contributed by atoms with Crippen LogP contribution in [0.3, 0.4) is 0 Å². The molecule has 0 atom stereocenters. The second kappa shape index (κ2) is 6.38. The van der Waals surface area contributed by atoms with E-state index >= 15 is 0 Å². The molecule has 0 fully saturated rings. The first-order chi connectivity index (χ1) is 11.9. The van der Waals surface area contributed by atoms with Crippen molar-refractivity contribution >= 4 is 0 Å². The van der Waals surface area contributed by atoms with Crippen LogP contribution < -0.4 is 0 Å². The molecule has 4 rings (SSSR count). The predicted octanol–water partition coefficient (Wildman–Crippen LogP) is 4.27. The third kappa shape index (κ3) is 2.90. The van der Waals surface area contributed by atoms with Gasteiger partial charge in [0.1, 0.15) is 0 Å². The zero-order valence-corrected chi connectivity index (χ0v) is 12.9. The van der Waals surface area contributed by atoms with Crippen molar-refractivity contribution in [2.75, 3.05) is 0 Å². The first kappa shape index (κ1) is 14.2. The van der Waals surface area contributed by atoms with Gasteiger partial charge >= 0.3 is 0 Å². The van der Waals surface area contributed by atoms with Gasteiger partial charge in [-0.3, -0.25) is 19.9 Å².